The summed E-state index contributed by atoms with van der Waals surface area (Å²) in [5, 5.41) is 7.07. The van der Waals surface area contributed by atoms with Gasteiger partial charge in [-0.1, -0.05) is 0 Å². The first-order chi connectivity index (χ1) is 12.6. The predicted octanol–water partition coefficient (Wildman–Crippen LogP) is 1.90. The Hall–Kier alpha value is -3.42. The summed E-state index contributed by atoms with van der Waals surface area (Å²) in [6.07, 6.45) is 6.66. The molecule has 0 aliphatic heterocycles. The van der Waals surface area contributed by atoms with Gasteiger partial charge in [-0.3, -0.25) is 19.0 Å². The number of rotatable bonds is 5. The maximum absolute atomic E-state index is 12.6. The Bertz CT molecular complexity index is 1130. The van der Waals surface area contributed by atoms with E-state index in [1.165, 1.54) is 4.68 Å². The highest BCUT2D eigenvalue weighted by molar-refractivity contribution is 5.81. The van der Waals surface area contributed by atoms with E-state index in [1.54, 1.807) is 41.5 Å². The minimum atomic E-state index is -0.256. The summed E-state index contributed by atoms with van der Waals surface area (Å²) in [4.78, 5) is 28.7. The fraction of sp³-hybridized carbons (Fsp3) is 0.222. The van der Waals surface area contributed by atoms with Crippen molar-refractivity contribution in [3.63, 3.8) is 0 Å². The van der Waals surface area contributed by atoms with Crippen molar-refractivity contribution in [3.8, 4) is 0 Å². The molecule has 0 saturated heterocycles. The summed E-state index contributed by atoms with van der Waals surface area (Å²) in [5.74, 6) is -0.146. The molecular weight excluding hydrogens is 334 g/mol. The van der Waals surface area contributed by atoms with Gasteiger partial charge in [-0.15, -0.1) is 0 Å². The lowest BCUT2D eigenvalue weighted by Crippen LogP contribution is -2.30. The molecule has 4 aromatic rings. The Morgan fingerprint density at radius 2 is 2.08 bits per heavy atom. The van der Waals surface area contributed by atoms with Crippen molar-refractivity contribution in [2.75, 3.05) is 0 Å². The monoisotopic (exact) mass is 351 g/mol. The van der Waals surface area contributed by atoms with Crippen LogP contribution in [-0.2, 0) is 11.3 Å². The average Bonchev–Trinajstić information content (AvgIpc) is 3.24. The van der Waals surface area contributed by atoms with Gasteiger partial charge < -0.3 is 9.73 Å². The average molecular weight is 351 g/mol. The summed E-state index contributed by atoms with van der Waals surface area (Å²) in [5.41, 5.74) is 2.61. The Balaban J connectivity index is 1.46. The summed E-state index contributed by atoms with van der Waals surface area (Å²) in [7, 11) is 0. The second-order valence-electron chi connectivity index (χ2n) is 6.05. The molecule has 4 heterocycles. The van der Waals surface area contributed by atoms with E-state index in [0.29, 0.717) is 11.1 Å². The van der Waals surface area contributed by atoms with Crippen LogP contribution < -0.4 is 10.9 Å². The minimum absolute atomic E-state index is 0.129. The summed E-state index contributed by atoms with van der Waals surface area (Å²) in [6.45, 7) is 2.11. The van der Waals surface area contributed by atoms with Gasteiger partial charge in [-0.2, -0.15) is 5.10 Å². The number of nitrogens with one attached hydrogen (secondary N) is 1. The van der Waals surface area contributed by atoms with Gasteiger partial charge in [0.05, 0.1) is 24.4 Å². The molecule has 0 aliphatic carbocycles. The molecule has 1 N–H and O–H groups in total. The zero-order chi connectivity index (χ0) is 18.1. The lowest BCUT2D eigenvalue weighted by molar-refractivity contribution is -0.122. The molecule has 0 fully saturated rings. The molecule has 1 atom stereocenters. The van der Waals surface area contributed by atoms with Crippen molar-refractivity contribution < 1.29 is 9.21 Å². The van der Waals surface area contributed by atoms with Crippen molar-refractivity contribution in [1.29, 1.82) is 0 Å². The van der Waals surface area contributed by atoms with Gasteiger partial charge in [-0.25, -0.2) is 4.68 Å². The lowest BCUT2D eigenvalue weighted by Gasteiger charge is -2.14. The van der Waals surface area contributed by atoms with Crippen LogP contribution in [0.3, 0.4) is 0 Å². The van der Waals surface area contributed by atoms with Crippen molar-refractivity contribution >= 4 is 22.5 Å². The van der Waals surface area contributed by atoms with Crippen molar-refractivity contribution in [2.24, 2.45) is 0 Å². The molecular formula is C18H17N5O3. The van der Waals surface area contributed by atoms with E-state index in [2.05, 4.69) is 15.4 Å². The highest BCUT2D eigenvalue weighted by Gasteiger charge is 2.13. The maximum atomic E-state index is 12.6. The van der Waals surface area contributed by atoms with Crippen molar-refractivity contribution in [3.05, 3.63) is 65.2 Å². The largest absolute Gasteiger partial charge is 0.463 e. The summed E-state index contributed by atoms with van der Waals surface area (Å²) >= 11 is 0. The molecule has 0 radical (unpaired) electrons. The van der Waals surface area contributed by atoms with E-state index < -0.39 is 0 Å². The molecule has 0 bridgehead atoms. The predicted molar refractivity (Wildman–Crippen MR) is 94.6 cm³/mol. The molecule has 26 heavy (non-hydrogen) atoms. The van der Waals surface area contributed by atoms with E-state index in [1.807, 2.05) is 19.1 Å². The summed E-state index contributed by atoms with van der Waals surface area (Å²) < 4.78 is 8.30. The molecule has 1 amide bonds. The topological polar surface area (TPSA) is 94.4 Å². The smallest absolute Gasteiger partial charge is 0.291 e. The van der Waals surface area contributed by atoms with Crippen LogP contribution in [0.2, 0.25) is 0 Å². The number of hydrogen-bond donors (Lipinski definition) is 1. The van der Waals surface area contributed by atoms with Crippen LogP contribution in [0.1, 0.15) is 24.9 Å². The van der Waals surface area contributed by atoms with Crippen LogP contribution in [-0.4, -0.2) is 25.1 Å². The third-order valence-corrected chi connectivity index (χ3v) is 4.35. The fourth-order valence-electron chi connectivity index (χ4n) is 2.95. The van der Waals surface area contributed by atoms with Crippen LogP contribution in [0.15, 0.2) is 58.5 Å². The normalized spacial score (nSPS) is 12.5. The van der Waals surface area contributed by atoms with Crippen LogP contribution in [0.25, 0.3) is 16.6 Å². The van der Waals surface area contributed by atoms with E-state index in [0.717, 1.165) is 11.1 Å². The maximum Gasteiger partial charge on any atom is 0.291 e. The fourth-order valence-corrected chi connectivity index (χ4v) is 2.95. The SMILES string of the molecule is CC(NC(=O)CCn1ncn2c(cc3occc32)c1=O)c1ccncc1. The third kappa shape index (κ3) is 2.85. The first kappa shape index (κ1) is 16.1. The van der Waals surface area contributed by atoms with Crippen molar-refractivity contribution in [2.45, 2.75) is 25.9 Å². The molecule has 132 valence electrons. The van der Waals surface area contributed by atoms with E-state index in [4.69, 9.17) is 4.42 Å². The Kier molecular flexibility index (Phi) is 4.00. The number of aryl methyl sites for hydroxylation is 1. The first-order valence-corrected chi connectivity index (χ1v) is 8.27. The number of aromatic nitrogens is 4. The number of nitrogens with zero attached hydrogens (tertiary/aromatic N) is 4. The molecule has 8 heteroatoms. The Morgan fingerprint density at radius 3 is 2.88 bits per heavy atom. The number of fused-ring (bicyclic) bond motifs is 3. The van der Waals surface area contributed by atoms with Crippen LogP contribution >= 0.6 is 0 Å². The highest BCUT2D eigenvalue weighted by Crippen LogP contribution is 2.18. The minimum Gasteiger partial charge on any atom is -0.463 e. The number of carbonyl (C=O) groups is 1. The molecule has 0 spiro atoms. The Morgan fingerprint density at radius 1 is 1.27 bits per heavy atom. The highest BCUT2D eigenvalue weighted by atomic mass is 16.3. The summed E-state index contributed by atoms with van der Waals surface area (Å²) in [6, 6.07) is 7.04. The molecule has 0 aliphatic rings. The molecule has 0 aromatic carbocycles. The number of pyridine rings is 1. The molecule has 4 rings (SSSR count). The number of hydrogen-bond acceptors (Lipinski definition) is 5. The number of carbonyl (C=O) groups excluding carboxylic acids is 1. The van der Waals surface area contributed by atoms with Crippen LogP contribution in [0.4, 0.5) is 0 Å². The lowest BCUT2D eigenvalue weighted by atomic mass is 10.1. The standard InChI is InChI=1S/C18H17N5O3/c1-12(13-2-6-19-7-3-13)21-17(24)4-8-23-18(25)15-10-16-14(5-9-26-16)22(15)11-20-23/h2-3,5-7,9-12H,4,8H2,1H3,(H,21,24). The second-order valence-corrected chi connectivity index (χ2v) is 6.05. The van der Waals surface area contributed by atoms with Gasteiger partial charge in [0, 0.05) is 30.9 Å². The van der Waals surface area contributed by atoms with Gasteiger partial charge in [0.25, 0.3) is 5.56 Å². The third-order valence-electron chi connectivity index (χ3n) is 4.35. The molecule has 8 nitrogen and oxygen atoms in total. The second kappa shape index (κ2) is 6.47. The molecule has 0 saturated carbocycles. The van der Waals surface area contributed by atoms with E-state index in [9.17, 15) is 9.59 Å². The van der Waals surface area contributed by atoms with Gasteiger partial charge >= 0.3 is 0 Å². The quantitative estimate of drug-likeness (QED) is 0.593. The van der Waals surface area contributed by atoms with E-state index in [-0.39, 0.29) is 30.5 Å². The van der Waals surface area contributed by atoms with Gasteiger partial charge in [0.2, 0.25) is 5.91 Å². The van der Waals surface area contributed by atoms with Crippen LogP contribution in [0.5, 0.6) is 0 Å². The first-order valence-electron chi connectivity index (χ1n) is 8.27. The van der Waals surface area contributed by atoms with Gasteiger partial charge in [0.1, 0.15) is 11.8 Å². The van der Waals surface area contributed by atoms with Crippen molar-refractivity contribution in [1.82, 2.24) is 24.5 Å². The zero-order valence-corrected chi connectivity index (χ0v) is 14.1. The van der Waals surface area contributed by atoms with Crippen LogP contribution in [0, 0.1) is 0 Å². The van der Waals surface area contributed by atoms with Gasteiger partial charge in [-0.05, 0) is 24.6 Å². The van der Waals surface area contributed by atoms with Gasteiger partial charge in [0.15, 0.2) is 5.58 Å². The molecule has 1 unspecified atom stereocenters. The van der Waals surface area contributed by atoms with E-state index >= 15 is 0 Å². The Labute approximate surface area is 148 Å². The number of amides is 1. The number of furan rings is 1. The molecule has 4 aromatic heterocycles. The zero-order valence-electron chi connectivity index (χ0n) is 14.1.